The molecule has 0 aromatic rings. The van der Waals surface area contributed by atoms with E-state index in [1.54, 1.807) is 41.5 Å². The molecule has 0 radical (unpaired) electrons. The third-order valence-electron chi connectivity index (χ3n) is 2.51. The summed E-state index contributed by atoms with van der Waals surface area (Å²) in [6, 6.07) is 0. The Morgan fingerprint density at radius 2 is 0.897 bits per heavy atom. The number of carbonyl (C=O) groups excluding carboxylic acids is 4. The molecule has 9 heteroatoms. The Balaban J connectivity index is -0.000000451. The van der Waals surface area contributed by atoms with E-state index >= 15 is 0 Å². The van der Waals surface area contributed by atoms with Crippen molar-refractivity contribution in [3.8, 4) is 0 Å². The molecule has 0 aliphatic carbocycles. The van der Waals surface area contributed by atoms with Gasteiger partial charge in [-0.25, -0.2) is 9.59 Å². The maximum Gasteiger partial charge on any atom is 0.349 e. The minimum absolute atomic E-state index is 0. The molecule has 0 aromatic heterocycles. The summed E-state index contributed by atoms with van der Waals surface area (Å²) in [7, 11) is 0. The van der Waals surface area contributed by atoms with Gasteiger partial charge in [-0.15, -0.1) is 0 Å². The molecule has 0 spiro atoms. The van der Waals surface area contributed by atoms with Crippen molar-refractivity contribution in [1.82, 2.24) is 0 Å². The van der Waals surface area contributed by atoms with Crippen molar-refractivity contribution in [2.75, 3.05) is 0 Å². The molecule has 0 heterocycles. The molecular weight excluding hydrogens is 459 g/mol. The third kappa shape index (κ3) is 27.1. The predicted molar refractivity (Wildman–Crippen MR) is 103 cm³/mol. The van der Waals surface area contributed by atoms with Crippen molar-refractivity contribution in [3.63, 3.8) is 0 Å². The van der Waals surface area contributed by atoms with Gasteiger partial charge in [0.1, 0.15) is 35.6 Å². The van der Waals surface area contributed by atoms with Crippen LogP contribution in [0, 0.1) is 0 Å². The molecule has 0 fully saturated rings. The van der Waals surface area contributed by atoms with Crippen molar-refractivity contribution < 1.29 is 64.9 Å². The van der Waals surface area contributed by atoms with Gasteiger partial charge in [0, 0.05) is 39.0 Å². The summed E-state index contributed by atoms with van der Waals surface area (Å²) in [5.41, 5.74) is -1.08. The molecule has 0 rings (SSSR count). The quantitative estimate of drug-likeness (QED) is 0.254. The molecule has 0 N–H and O–H groups in total. The molecule has 0 atom stereocenters. The molecule has 168 valence electrons. The van der Waals surface area contributed by atoms with Gasteiger partial charge in [-0.1, -0.05) is 13.8 Å². The van der Waals surface area contributed by atoms with Crippen LogP contribution in [0.4, 0.5) is 0 Å². The van der Waals surface area contributed by atoms with Crippen LogP contribution in [-0.4, -0.2) is 34.7 Å². The summed E-state index contributed by atoms with van der Waals surface area (Å²) < 4.78 is 0. The van der Waals surface area contributed by atoms with Crippen molar-refractivity contribution in [2.24, 2.45) is 0 Å². The molecule has 0 aliphatic rings. The first-order valence-corrected chi connectivity index (χ1v) is 9.50. The second-order valence-corrected chi connectivity index (χ2v) is 8.23. The van der Waals surface area contributed by atoms with E-state index in [1.165, 1.54) is 0 Å². The molecule has 0 unspecified atom stereocenters. The average molecular weight is 496 g/mol. The maximum atomic E-state index is 11.0. The van der Waals surface area contributed by atoms with Crippen molar-refractivity contribution in [1.29, 1.82) is 0 Å². The molecule has 0 saturated carbocycles. The monoisotopic (exact) mass is 494 g/mol. The zero-order chi connectivity index (χ0) is 22.4. The smallest absolute Gasteiger partial charge is 0.299 e. The Morgan fingerprint density at radius 1 is 0.621 bits per heavy atom. The number of ketones is 2. The maximum absolute atomic E-state index is 11.0. The van der Waals surface area contributed by atoms with Gasteiger partial charge in [0.05, 0.1) is 0 Å². The number of rotatable bonds is 10. The van der Waals surface area contributed by atoms with Gasteiger partial charge in [0.2, 0.25) is 0 Å². The fraction of sp³-hybridized carbons (Fsp3) is 0.800. The normalized spacial score (nSPS) is 10.8. The van der Waals surface area contributed by atoms with E-state index in [-0.39, 0.29) is 50.6 Å². The van der Waals surface area contributed by atoms with Gasteiger partial charge in [-0.3, -0.25) is 19.4 Å². The topological polar surface area (TPSA) is 105 Å². The van der Waals surface area contributed by atoms with Crippen LogP contribution in [0.1, 0.15) is 93.9 Å². The third-order valence-corrected chi connectivity index (χ3v) is 2.51. The van der Waals surface area contributed by atoms with E-state index in [1.807, 2.05) is 13.8 Å². The summed E-state index contributed by atoms with van der Waals surface area (Å²) in [6.07, 6.45) is 1.89. The Kier molecular flexibility index (Phi) is 19.0. The average Bonchev–Trinajstić information content (AvgIpc) is 2.51. The number of Topliss-reactive ketones (excluding diaryl/α,β-unsaturated/α-hetero) is 2. The van der Waals surface area contributed by atoms with E-state index in [2.05, 4.69) is 9.78 Å². The van der Waals surface area contributed by atoms with Gasteiger partial charge >= 0.3 is 11.9 Å². The Bertz CT molecular complexity index is 458. The van der Waals surface area contributed by atoms with E-state index < -0.39 is 23.1 Å². The van der Waals surface area contributed by atoms with Crippen molar-refractivity contribution in [3.05, 3.63) is 0 Å². The van der Waals surface area contributed by atoms with Gasteiger partial charge in [-0.05, 0) is 54.4 Å². The Morgan fingerprint density at radius 3 is 1.10 bits per heavy atom. The van der Waals surface area contributed by atoms with Gasteiger partial charge in [0.15, 0.2) is 0 Å². The molecule has 0 saturated heterocycles. The molecular formula is C20H36O8Zr. The zero-order valence-electron chi connectivity index (χ0n) is 19.0. The van der Waals surface area contributed by atoms with Crippen LogP contribution < -0.4 is 0 Å². The van der Waals surface area contributed by atoms with Crippen molar-refractivity contribution in [2.45, 2.75) is 105 Å². The van der Waals surface area contributed by atoms with Crippen LogP contribution in [-0.2, 0) is 64.9 Å². The van der Waals surface area contributed by atoms with Gasteiger partial charge < -0.3 is 0 Å². The summed E-state index contributed by atoms with van der Waals surface area (Å²) in [5.74, 6) is -1.48. The number of hydrogen-bond acceptors (Lipinski definition) is 8. The fourth-order valence-corrected chi connectivity index (χ4v) is 1.46. The van der Waals surface area contributed by atoms with Crippen LogP contribution in [0.15, 0.2) is 0 Å². The van der Waals surface area contributed by atoms with E-state index in [9.17, 15) is 19.2 Å². The Hall–Kier alpha value is -0.917. The summed E-state index contributed by atoms with van der Waals surface area (Å²) in [4.78, 5) is 62.5. The summed E-state index contributed by atoms with van der Waals surface area (Å²) in [6.45, 7) is 14.3. The predicted octanol–water partition coefficient (Wildman–Crippen LogP) is 4.04. The molecule has 8 nitrogen and oxygen atoms in total. The Labute approximate surface area is 193 Å². The van der Waals surface area contributed by atoms with Crippen LogP contribution in [0.25, 0.3) is 0 Å². The SMILES string of the molecule is CCCC(=O)CC(=O)OOC(C)(C)C.CCCC(=O)CC(=O)OOC(C)(C)C.[Zr]. The minimum atomic E-state index is -0.627. The van der Waals surface area contributed by atoms with E-state index in [4.69, 9.17) is 9.78 Å². The van der Waals surface area contributed by atoms with Crippen LogP contribution in [0.3, 0.4) is 0 Å². The van der Waals surface area contributed by atoms with Gasteiger partial charge in [0.25, 0.3) is 0 Å². The van der Waals surface area contributed by atoms with Crippen LogP contribution in [0.5, 0.6) is 0 Å². The van der Waals surface area contributed by atoms with Crippen molar-refractivity contribution >= 4 is 23.5 Å². The summed E-state index contributed by atoms with van der Waals surface area (Å²) in [5, 5.41) is 0. The molecule has 0 bridgehead atoms. The second kappa shape index (κ2) is 16.8. The standard InChI is InChI=1S/2C10H18O4.Zr/c2*1-5-6-8(11)7-9(12)13-14-10(2,3)4;/h2*5-7H2,1-4H3;. The molecule has 0 aromatic carbocycles. The second-order valence-electron chi connectivity index (χ2n) is 8.23. The van der Waals surface area contributed by atoms with E-state index in [0.29, 0.717) is 12.8 Å². The fourth-order valence-electron chi connectivity index (χ4n) is 1.46. The number of carbonyl (C=O) groups is 4. The molecule has 29 heavy (non-hydrogen) atoms. The first-order valence-electron chi connectivity index (χ1n) is 9.50. The zero-order valence-corrected chi connectivity index (χ0v) is 21.5. The largest absolute Gasteiger partial charge is 0.349 e. The van der Waals surface area contributed by atoms with Gasteiger partial charge in [-0.2, -0.15) is 9.78 Å². The molecule has 0 aliphatic heterocycles. The minimum Gasteiger partial charge on any atom is -0.299 e. The van der Waals surface area contributed by atoms with Crippen LogP contribution >= 0.6 is 0 Å². The first kappa shape index (κ1) is 32.7. The van der Waals surface area contributed by atoms with Crippen LogP contribution in [0.2, 0.25) is 0 Å². The molecule has 0 amide bonds. The summed E-state index contributed by atoms with van der Waals surface area (Å²) >= 11 is 0. The number of hydrogen-bond donors (Lipinski definition) is 0. The first-order chi connectivity index (χ1) is 12.7. The van der Waals surface area contributed by atoms with E-state index in [0.717, 1.165) is 12.8 Å².